The normalized spacial score (nSPS) is 10.1. The summed E-state index contributed by atoms with van der Waals surface area (Å²) in [5, 5.41) is 2.86. The predicted molar refractivity (Wildman–Crippen MR) is 67.4 cm³/mol. The molecule has 3 nitrogen and oxygen atoms in total. The molecule has 0 radical (unpaired) electrons. The number of hydrogen-bond acceptors (Lipinski definition) is 2. The standard InChI is InChI=1S/C13H20N2O/c1-2-4-13(16)15-12-8-6-11(7-9-12)5-3-10-14/h6-9H,2-5,10,14H2,1H3,(H,15,16). The molecule has 0 bridgehead atoms. The first-order valence-electron chi connectivity index (χ1n) is 5.85. The van der Waals surface area contributed by atoms with Gasteiger partial charge in [-0.15, -0.1) is 0 Å². The number of aryl methyl sites for hydroxylation is 1. The molecule has 3 N–H and O–H groups in total. The molecule has 1 amide bonds. The molecule has 1 rings (SSSR count). The van der Waals surface area contributed by atoms with Crippen molar-refractivity contribution in [2.24, 2.45) is 5.73 Å². The maximum atomic E-state index is 11.3. The summed E-state index contributed by atoms with van der Waals surface area (Å²) in [5.41, 5.74) is 7.58. The summed E-state index contributed by atoms with van der Waals surface area (Å²) < 4.78 is 0. The van der Waals surface area contributed by atoms with Crippen molar-refractivity contribution < 1.29 is 4.79 Å². The average molecular weight is 220 g/mol. The van der Waals surface area contributed by atoms with E-state index in [1.807, 2.05) is 31.2 Å². The molecular formula is C13H20N2O. The molecule has 0 saturated heterocycles. The minimum Gasteiger partial charge on any atom is -0.330 e. The van der Waals surface area contributed by atoms with Crippen LogP contribution >= 0.6 is 0 Å². The van der Waals surface area contributed by atoms with Gasteiger partial charge in [0.2, 0.25) is 5.91 Å². The van der Waals surface area contributed by atoms with Gasteiger partial charge in [0.05, 0.1) is 0 Å². The molecule has 0 spiro atoms. The maximum absolute atomic E-state index is 11.3. The van der Waals surface area contributed by atoms with Crippen LogP contribution in [0.15, 0.2) is 24.3 Å². The summed E-state index contributed by atoms with van der Waals surface area (Å²) in [5.74, 6) is 0.0807. The molecule has 0 aliphatic rings. The van der Waals surface area contributed by atoms with E-state index in [9.17, 15) is 4.79 Å². The predicted octanol–water partition coefficient (Wildman–Crippen LogP) is 2.32. The van der Waals surface area contributed by atoms with Gasteiger partial charge in [-0.1, -0.05) is 19.1 Å². The summed E-state index contributed by atoms with van der Waals surface area (Å²) in [6.45, 7) is 2.71. The van der Waals surface area contributed by atoms with Gasteiger partial charge in [0.25, 0.3) is 0 Å². The Bertz CT molecular complexity index is 319. The molecule has 0 atom stereocenters. The smallest absolute Gasteiger partial charge is 0.224 e. The number of anilines is 1. The van der Waals surface area contributed by atoms with Gasteiger partial charge in [-0.25, -0.2) is 0 Å². The number of amides is 1. The van der Waals surface area contributed by atoms with Crippen LogP contribution in [0.1, 0.15) is 31.7 Å². The first kappa shape index (κ1) is 12.7. The minimum atomic E-state index is 0.0807. The Morgan fingerprint density at radius 2 is 2.00 bits per heavy atom. The number of nitrogens with one attached hydrogen (secondary N) is 1. The van der Waals surface area contributed by atoms with Gasteiger partial charge in [-0.2, -0.15) is 0 Å². The fourth-order valence-corrected chi connectivity index (χ4v) is 1.51. The highest BCUT2D eigenvalue weighted by molar-refractivity contribution is 5.90. The van der Waals surface area contributed by atoms with Crippen LogP contribution in [-0.4, -0.2) is 12.5 Å². The Labute approximate surface area is 97.0 Å². The third-order valence-corrected chi connectivity index (χ3v) is 2.38. The first-order valence-corrected chi connectivity index (χ1v) is 5.85. The van der Waals surface area contributed by atoms with Crippen molar-refractivity contribution in [1.29, 1.82) is 0 Å². The Morgan fingerprint density at radius 1 is 1.31 bits per heavy atom. The Hall–Kier alpha value is -1.35. The topological polar surface area (TPSA) is 55.1 Å². The third kappa shape index (κ3) is 4.45. The van der Waals surface area contributed by atoms with Crippen LogP contribution in [0.4, 0.5) is 5.69 Å². The second-order valence-electron chi connectivity index (χ2n) is 3.89. The second kappa shape index (κ2) is 7.01. The highest BCUT2D eigenvalue weighted by atomic mass is 16.1. The SMILES string of the molecule is CCCC(=O)Nc1ccc(CCCN)cc1. The van der Waals surface area contributed by atoms with E-state index in [1.165, 1.54) is 5.56 Å². The molecule has 0 aliphatic heterocycles. The van der Waals surface area contributed by atoms with Gasteiger partial charge in [0, 0.05) is 12.1 Å². The molecule has 88 valence electrons. The zero-order valence-electron chi connectivity index (χ0n) is 9.83. The lowest BCUT2D eigenvalue weighted by molar-refractivity contribution is -0.116. The van der Waals surface area contributed by atoms with Crippen LogP contribution in [0.25, 0.3) is 0 Å². The van der Waals surface area contributed by atoms with Crippen LogP contribution in [0.5, 0.6) is 0 Å². The molecular weight excluding hydrogens is 200 g/mol. The first-order chi connectivity index (χ1) is 7.76. The maximum Gasteiger partial charge on any atom is 0.224 e. The molecule has 1 aromatic rings. The fraction of sp³-hybridized carbons (Fsp3) is 0.462. The Kier molecular flexibility index (Phi) is 5.57. The van der Waals surface area contributed by atoms with Gasteiger partial charge in [0.15, 0.2) is 0 Å². The summed E-state index contributed by atoms with van der Waals surface area (Å²) in [7, 11) is 0. The van der Waals surface area contributed by atoms with E-state index >= 15 is 0 Å². The van der Waals surface area contributed by atoms with E-state index in [1.54, 1.807) is 0 Å². The Balaban J connectivity index is 2.47. The summed E-state index contributed by atoms with van der Waals surface area (Å²) in [6, 6.07) is 7.97. The van der Waals surface area contributed by atoms with Crippen molar-refractivity contribution in [2.45, 2.75) is 32.6 Å². The van der Waals surface area contributed by atoms with Crippen molar-refractivity contribution in [3.05, 3.63) is 29.8 Å². The number of hydrogen-bond donors (Lipinski definition) is 2. The number of carbonyl (C=O) groups is 1. The highest BCUT2D eigenvalue weighted by Crippen LogP contribution is 2.11. The average Bonchev–Trinajstić information content (AvgIpc) is 2.28. The zero-order valence-corrected chi connectivity index (χ0v) is 9.83. The lowest BCUT2D eigenvalue weighted by Crippen LogP contribution is -2.10. The van der Waals surface area contributed by atoms with Gasteiger partial charge >= 0.3 is 0 Å². The lowest BCUT2D eigenvalue weighted by Gasteiger charge is -2.05. The van der Waals surface area contributed by atoms with E-state index in [-0.39, 0.29) is 5.91 Å². The van der Waals surface area contributed by atoms with Crippen LogP contribution in [0, 0.1) is 0 Å². The molecule has 0 unspecified atom stereocenters. The van der Waals surface area contributed by atoms with Crippen LogP contribution < -0.4 is 11.1 Å². The van der Waals surface area contributed by atoms with Crippen molar-refractivity contribution in [3.63, 3.8) is 0 Å². The number of nitrogens with two attached hydrogens (primary N) is 1. The summed E-state index contributed by atoms with van der Waals surface area (Å²) in [4.78, 5) is 11.3. The minimum absolute atomic E-state index is 0.0807. The quantitative estimate of drug-likeness (QED) is 0.773. The van der Waals surface area contributed by atoms with Gasteiger partial charge < -0.3 is 11.1 Å². The van der Waals surface area contributed by atoms with E-state index in [4.69, 9.17) is 5.73 Å². The van der Waals surface area contributed by atoms with E-state index in [0.29, 0.717) is 6.42 Å². The number of benzene rings is 1. The number of rotatable bonds is 6. The molecule has 0 aromatic heterocycles. The summed E-state index contributed by atoms with van der Waals surface area (Å²) >= 11 is 0. The third-order valence-electron chi connectivity index (χ3n) is 2.38. The molecule has 0 saturated carbocycles. The molecule has 0 heterocycles. The monoisotopic (exact) mass is 220 g/mol. The van der Waals surface area contributed by atoms with Crippen molar-refractivity contribution in [3.8, 4) is 0 Å². The molecule has 1 aromatic carbocycles. The van der Waals surface area contributed by atoms with E-state index in [0.717, 1.165) is 31.5 Å². The van der Waals surface area contributed by atoms with E-state index < -0.39 is 0 Å². The number of carbonyl (C=O) groups excluding carboxylic acids is 1. The summed E-state index contributed by atoms with van der Waals surface area (Å²) in [6.07, 6.45) is 3.45. The lowest BCUT2D eigenvalue weighted by atomic mass is 10.1. The van der Waals surface area contributed by atoms with Crippen LogP contribution in [0.3, 0.4) is 0 Å². The second-order valence-corrected chi connectivity index (χ2v) is 3.89. The molecule has 16 heavy (non-hydrogen) atoms. The van der Waals surface area contributed by atoms with Crippen molar-refractivity contribution >= 4 is 11.6 Å². The van der Waals surface area contributed by atoms with Gasteiger partial charge in [-0.3, -0.25) is 4.79 Å². The molecule has 3 heteroatoms. The molecule has 0 fully saturated rings. The molecule has 0 aliphatic carbocycles. The largest absolute Gasteiger partial charge is 0.330 e. The zero-order chi connectivity index (χ0) is 11.8. The van der Waals surface area contributed by atoms with E-state index in [2.05, 4.69) is 5.32 Å². The van der Waals surface area contributed by atoms with Crippen LogP contribution in [0.2, 0.25) is 0 Å². The van der Waals surface area contributed by atoms with Gasteiger partial charge in [0.1, 0.15) is 0 Å². The van der Waals surface area contributed by atoms with Crippen LogP contribution in [-0.2, 0) is 11.2 Å². The van der Waals surface area contributed by atoms with Crippen molar-refractivity contribution in [1.82, 2.24) is 0 Å². The van der Waals surface area contributed by atoms with Crippen molar-refractivity contribution in [2.75, 3.05) is 11.9 Å². The fourth-order valence-electron chi connectivity index (χ4n) is 1.51. The highest BCUT2D eigenvalue weighted by Gasteiger charge is 2.00. The van der Waals surface area contributed by atoms with Gasteiger partial charge in [-0.05, 0) is 43.5 Å². The Morgan fingerprint density at radius 3 is 2.56 bits per heavy atom.